The molecule has 118 valence electrons. The average Bonchev–Trinajstić information content (AvgIpc) is 2.48. The van der Waals surface area contributed by atoms with Gasteiger partial charge in [-0.05, 0) is 64.0 Å². The van der Waals surface area contributed by atoms with E-state index in [0.717, 1.165) is 30.5 Å². The standard InChI is InChI=1S/C18H36N2/c1-4-19-18(16-8-6-5-7-9-16)14-20(3)17-12-10-15(2)11-13-17/h15-19H,4-14H2,1-3H3. The highest BCUT2D eigenvalue weighted by atomic mass is 15.2. The number of nitrogens with one attached hydrogen (secondary N) is 1. The second-order valence-electron chi connectivity index (χ2n) is 7.42. The Balaban J connectivity index is 1.83. The SMILES string of the molecule is CCNC(CN(C)C1CCC(C)CC1)C1CCCCC1. The quantitative estimate of drug-likeness (QED) is 0.789. The van der Waals surface area contributed by atoms with E-state index in [0.29, 0.717) is 0 Å². The zero-order valence-corrected chi connectivity index (χ0v) is 14.0. The average molecular weight is 280 g/mol. The number of likely N-dealkylation sites (N-methyl/N-ethyl adjacent to an activating group) is 2. The molecule has 2 heteroatoms. The van der Waals surface area contributed by atoms with Gasteiger partial charge in [-0.3, -0.25) is 0 Å². The van der Waals surface area contributed by atoms with Gasteiger partial charge in [0.15, 0.2) is 0 Å². The van der Waals surface area contributed by atoms with E-state index in [2.05, 4.69) is 31.1 Å². The molecule has 2 rings (SSSR count). The molecule has 1 atom stereocenters. The van der Waals surface area contributed by atoms with Crippen molar-refractivity contribution in [2.75, 3.05) is 20.1 Å². The Morgan fingerprint density at radius 2 is 1.65 bits per heavy atom. The third-order valence-electron chi connectivity index (χ3n) is 5.78. The van der Waals surface area contributed by atoms with Crippen LogP contribution in [0.2, 0.25) is 0 Å². The van der Waals surface area contributed by atoms with Gasteiger partial charge in [0.2, 0.25) is 0 Å². The number of rotatable bonds is 6. The molecular weight excluding hydrogens is 244 g/mol. The van der Waals surface area contributed by atoms with Crippen molar-refractivity contribution >= 4 is 0 Å². The van der Waals surface area contributed by atoms with E-state index >= 15 is 0 Å². The molecule has 0 saturated heterocycles. The number of hydrogen-bond acceptors (Lipinski definition) is 2. The Kier molecular flexibility index (Phi) is 6.83. The summed E-state index contributed by atoms with van der Waals surface area (Å²) in [6.45, 7) is 7.06. The minimum atomic E-state index is 0.727. The molecule has 0 amide bonds. The third-order valence-corrected chi connectivity index (χ3v) is 5.78. The number of hydrogen-bond donors (Lipinski definition) is 1. The lowest BCUT2D eigenvalue weighted by Gasteiger charge is -2.38. The molecule has 0 aromatic carbocycles. The van der Waals surface area contributed by atoms with Gasteiger partial charge in [-0.25, -0.2) is 0 Å². The van der Waals surface area contributed by atoms with Crippen LogP contribution >= 0.6 is 0 Å². The van der Waals surface area contributed by atoms with Crippen molar-refractivity contribution < 1.29 is 0 Å². The molecular formula is C18H36N2. The Morgan fingerprint density at radius 3 is 2.25 bits per heavy atom. The van der Waals surface area contributed by atoms with Crippen LogP contribution in [0.3, 0.4) is 0 Å². The summed E-state index contributed by atoms with van der Waals surface area (Å²) in [4.78, 5) is 2.67. The molecule has 1 unspecified atom stereocenters. The predicted octanol–water partition coefficient (Wildman–Crippen LogP) is 4.06. The fourth-order valence-corrected chi connectivity index (χ4v) is 4.32. The van der Waals surface area contributed by atoms with Gasteiger partial charge in [0, 0.05) is 18.6 Å². The van der Waals surface area contributed by atoms with Gasteiger partial charge < -0.3 is 10.2 Å². The summed E-state index contributed by atoms with van der Waals surface area (Å²) < 4.78 is 0. The molecule has 0 aromatic heterocycles. The van der Waals surface area contributed by atoms with Crippen LogP contribution in [0.1, 0.15) is 71.6 Å². The second kappa shape index (κ2) is 8.38. The van der Waals surface area contributed by atoms with Crippen molar-refractivity contribution in [3.63, 3.8) is 0 Å². The third kappa shape index (κ3) is 4.73. The maximum absolute atomic E-state index is 3.79. The Hall–Kier alpha value is -0.0800. The van der Waals surface area contributed by atoms with E-state index in [9.17, 15) is 0 Å². The summed E-state index contributed by atoms with van der Waals surface area (Å²) in [6, 6.07) is 1.57. The maximum Gasteiger partial charge on any atom is 0.0223 e. The van der Waals surface area contributed by atoms with E-state index in [-0.39, 0.29) is 0 Å². The van der Waals surface area contributed by atoms with Crippen LogP contribution < -0.4 is 5.32 Å². The van der Waals surface area contributed by atoms with Crippen molar-refractivity contribution in [1.82, 2.24) is 10.2 Å². The normalized spacial score (nSPS) is 30.6. The van der Waals surface area contributed by atoms with Crippen LogP contribution in [0.15, 0.2) is 0 Å². The topological polar surface area (TPSA) is 15.3 Å². The van der Waals surface area contributed by atoms with Crippen molar-refractivity contribution in [1.29, 1.82) is 0 Å². The first-order valence-corrected chi connectivity index (χ1v) is 9.14. The van der Waals surface area contributed by atoms with Crippen molar-refractivity contribution in [2.45, 2.75) is 83.7 Å². The van der Waals surface area contributed by atoms with Gasteiger partial charge in [-0.15, -0.1) is 0 Å². The van der Waals surface area contributed by atoms with Gasteiger partial charge >= 0.3 is 0 Å². The number of nitrogens with zero attached hydrogens (tertiary/aromatic N) is 1. The van der Waals surface area contributed by atoms with Crippen molar-refractivity contribution in [3.05, 3.63) is 0 Å². The van der Waals surface area contributed by atoms with Gasteiger partial charge in [-0.2, -0.15) is 0 Å². The molecule has 0 spiro atoms. The van der Waals surface area contributed by atoms with Crippen LogP contribution in [0.5, 0.6) is 0 Å². The molecule has 0 aromatic rings. The molecule has 0 bridgehead atoms. The van der Waals surface area contributed by atoms with Crippen LogP contribution in [0.25, 0.3) is 0 Å². The molecule has 2 saturated carbocycles. The molecule has 0 heterocycles. The predicted molar refractivity (Wildman–Crippen MR) is 88.1 cm³/mol. The van der Waals surface area contributed by atoms with Crippen LogP contribution in [0.4, 0.5) is 0 Å². The van der Waals surface area contributed by atoms with Gasteiger partial charge in [0.25, 0.3) is 0 Å². The zero-order chi connectivity index (χ0) is 14.4. The molecule has 0 radical (unpaired) electrons. The monoisotopic (exact) mass is 280 g/mol. The summed E-state index contributed by atoms with van der Waals surface area (Å²) in [5, 5.41) is 3.79. The molecule has 2 fully saturated rings. The Bertz CT molecular complexity index is 252. The first-order chi connectivity index (χ1) is 9.70. The van der Waals surface area contributed by atoms with Crippen LogP contribution in [-0.4, -0.2) is 37.1 Å². The summed E-state index contributed by atoms with van der Waals surface area (Å²) in [6.07, 6.45) is 13.0. The lowest BCUT2D eigenvalue weighted by Crippen LogP contribution is -2.48. The fourth-order valence-electron chi connectivity index (χ4n) is 4.32. The summed E-state index contributed by atoms with van der Waals surface area (Å²) in [5.41, 5.74) is 0. The van der Waals surface area contributed by atoms with Crippen LogP contribution in [-0.2, 0) is 0 Å². The lowest BCUT2D eigenvalue weighted by molar-refractivity contribution is 0.133. The molecule has 1 N–H and O–H groups in total. The molecule has 0 aliphatic heterocycles. The smallest absolute Gasteiger partial charge is 0.0223 e. The largest absolute Gasteiger partial charge is 0.313 e. The van der Waals surface area contributed by atoms with Gasteiger partial charge in [-0.1, -0.05) is 33.1 Å². The molecule has 2 aliphatic carbocycles. The highest BCUT2D eigenvalue weighted by Crippen LogP contribution is 2.29. The van der Waals surface area contributed by atoms with Crippen molar-refractivity contribution in [3.8, 4) is 0 Å². The minimum Gasteiger partial charge on any atom is -0.313 e. The summed E-state index contributed by atoms with van der Waals surface area (Å²) in [7, 11) is 2.37. The minimum absolute atomic E-state index is 0.727. The van der Waals surface area contributed by atoms with E-state index in [1.165, 1.54) is 64.3 Å². The van der Waals surface area contributed by atoms with Crippen LogP contribution in [0, 0.1) is 11.8 Å². The van der Waals surface area contributed by atoms with Crippen molar-refractivity contribution in [2.24, 2.45) is 11.8 Å². The van der Waals surface area contributed by atoms with E-state index in [1.54, 1.807) is 0 Å². The second-order valence-corrected chi connectivity index (χ2v) is 7.42. The van der Waals surface area contributed by atoms with E-state index in [4.69, 9.17) is 0 Å². The summed E-state index contributed by atoms with van der Waals surface area (Å²) in [5.74, 6) is 1.89. The highest BCUT2D eigenvalue weighted by Gasteiger charge is 2.27. The van der Waals surface area contributed by atoms with Gasteiger partial charge in [0.05, 0.1) is 0 Å². The molecule has 2 aliphatic rings. The Morgan fingerprint density at radius 1 is 1.00 bits per heavy atom. The first kappa shape index (κ1) is 16.3. The lowest BCUT2D eigenvalue weighted by atomic mass is 9.82. The van der Waals surface area contributed by atoms with Gasteiger partial charge in [0.1, 0.15) is 0 Å². The summed E-state index contributed by atoms with van der Waals surface area (Å²) >= 11 is 0. The van der Waals surface area contributed by atoms with E-state index < -0.39 is 0 Å². The first-order valence-electron chi connectivity index (χ1n) is 9.14. The zero-order valence-electron chi connectivity index (χ0n) is 14.0. The highest BCUT2D eigenvalue weighted by molar-refractivity contribution is 4.84. The van der Waals surface area contributed by atoms with E-state index in [1.807, 2.05) is 0 Å². The maximum atomic E-state index is 3.79. The Labute approximate surface area is 126 Å². The fraction of sp³-hybridized carbons (Fsp3) is 1.00. The molecule has 20 heavy (non-hydrogen) atoms. The molecule has 2 nitrogen and oxygen atoms in total.